The molecular formula is C36H44F2N2O2. The van der Waals surface area contributed by atoms with Crippen LogP contribution in [-0.4, -0.2) is 41.1 Å². The highest BCUT2D eigenvalue weighted by Gasteiger charge is 2.38. The van der Waals surface area contributed by atoms with Crippen LogP contribution in [0.25, 0.3) is 0 Å². The Morgan fingerprint density at radius 1 is 0.929 bits per heavy atom. The second-order valence-corrected chi connectivity index (χ2v) is 13.2. The van der Waals surface area contributed by atoms with Crippen LogP contribution in [0.15, 0.2) is 66.7 Å². The molecule has 6 heteroatoms. The number of aryl methyl sites for hydroxylation is 1. The van der Waals surface area contributed by atoms with Crippen LogP contribution in [0.5, 0.6) is 0 Å². The largest absolute Gasteiger partial charge is 0.390 e. The van der Waals surface area contributed by atoms with Crippen molar-refractivity contribution >= 4 is 5.91 Å². The normalized spacial score (nSPS) is 18.7. The molecule has 1 aliphatic carbocycles. The topological polar surface area (TPSA) is 52.6 Å². The van der Waals surface area contributed by atoms with Crippen LogP contribution in [0.1, 0.15) is 91.9 Å². The number of aliphatic hydroxyl groups excluding tert-OH is 1. The number of amides is 1. The van der Waals surface area contributed by atoms with Gasteiger partial charge in [0.1, 0.15) is 11.6 Å². The van der Waals surface area contributed by atoms with Crippen molar-refractivity contribution in [2.75, 3.05) is 13.1 Å². The summed E-state index contributed by atoms with van der Waals surface area (Å²) in [6, 6.07) is 19.2. The Bertz CT molecular complexity index is 1370. The number of nitrogens with zero attached hydrogens (tertiary/aromatic N) is 1. The van der Waals surface area contributed by atoms with Gasteiger partial charge in [-0.15, -0.1) is 0 Å². The summed E-state index contributed by atoms with van der Waals surface area (Å²) in [5.41, 5.74) is 4.27. The number of carbonyl (C=O) groups is 1. The van der Waals surface area contributed by atoms with E-state index in [4.69, 9.17) is 0 Å². The molecule has 0 unspecified atom stereocenters. The summed E-state index contributed by atoms with van der Waals surface area (Å²) in [6.45, 7) is 7.37. The van der Waals surface area contributed by atoms with Crippen LogP contribution in [0, 0.1) is 11.6 Å². The molecule has 1 saturated carbocycles. The third-order valence-corrected chi connectivity index (χ3v) is 9.20. The fourth-order valence-electron chi connectivity index (χ4n) is 6.83. The van der Waals surface area contributed by atoms with E-state index in [1.165, 1.54) is 29.7 Å². The van der Waals surface area contributed by atoms with Crippen LogP contribution in [0.3, 0.4) is 0 Å². The molecule has 5 rings (SSSR count). The number of aliphatic hydroxyl groups is 1. The lowest BCUT2D eigenvalue weighted by Gasteiger charge is -2.42. The van der Waals surface area contributed by atoms with E-state index in [1.54, 1.807) is 4.90 Å². The number of hydrogen-bond acceptors (Lipinski definition) is 3. The van der Waals surface area contributed by atoms with Crippen LogP contribution in [0.4, 0.5) is 8.78 Å². The molecule has 4 nitrogen and oxygen atoms in total. The Balaban J connectivity index is 1.45. The van der Waals surface area contributed by atoms with E-state index in [9.17, 15) is 18.7 Å². The van der Waals surface area contributed by atoms with Crippen molar-refractivity contribution in [2.45, 2.75) is 95.2 Å². The van der Waals surface area contributed by atoms with E-state index in [0.717, 1.165) is 50.2 Å². The lowest BCUT2D eigenvalue weighted by Crippen LogP contribution is -2.54. The third-order valence-electron chi connectivity index (χ3n) is 9.20. The minimum atomic E-state index is -0.949. The quantitative estimate of drug-likeness (QED) is 0.303. The Labute approximate surface area is 249 Å². The summed E-state index contributed by atoms with van der Waals surface area (Å²) in [5, 5.41) is 15.6. The van der Waals surface area contributed by atoms with Gasteiger partial charge in [0.15, 0.2) is 0 Å². The summed E-state index contributed by atoms with van der Waals surface area (Å²) in [5.74, 6) is -1.47. The zero-order valence-corrected chi connectivity index (χ0v) is 25.1. The molecule has 2 N–H and O–H groups in total. The molecule has 3 aromatic rings. The van der Waals surface area contributed by atoms with Crippen LogP contribution >= 0.6 is 0 Å². The number of hydrogen-bond donors (Lipinski definition) is 2. The highest BCUT2D eigenvalue weighted by Crippen LogP contribution is 2.39. The first-order valence-electron chi connectivity index (χ1n) is 15.4. The van der Waals surface area contributed by atoms with Gasteiger partial charge in [-0.3, -0.25) is 4.79 Å². The van der Waals surface area contributed by atoms with E-state index in [-0.39, 0.29) is 29.8 Å². The smallest absolute Gasteiger partial charge is 0.254 e. The predicted octanol–water partition coefficient (Wildman–Crippen LogP) is 7.07. The zero-order valence-electron chi connectivity index (χ0n) is 25.1. The van der Waals surface area contributed by atoms with E-state index >= 15 is 0 Å². The molecule has 224 valence electrons. The monoisotopic (exact) mass is 574 g/mol. The molecule has 1 amide bonds. The fraction of sp³-hybridized carbons (Fsp3) is 0.472. The molecule has 0 radical (unpaired) electrons. The van der Waals surface area contributed by atoms with Crippen molar-refractivity contribution in [1.82, 2.24) is 10.2 Å². The minimum absolute atomic E-state index is 0.0140. The lowest BCUT2D eigenvalue weighted by molar-refractivity contribution is 0.0314. The standard InChI is InChI=1S/C36H44F2N2O2/c1-35(2,3)27-13-9-14-28(22-27)36(16-7-4-8-17-36)39-24-33(41)32(21-25-19-29(37)23-30(38)20-25)40-18-10-12-26-11-5-6-15-31(26)34(40)42/h5-6,9,11,13-15,19-20,22-23,32-33,39,41H,4,7-8,10,12,16-18,21,24H2,1-3H3/t32-,33+/m0/s1. The van der Waals surface area contributed by atoms with Gasteiger partial charge in [0.05, 0.1) is 12.1 Å². The van der Waals surface area contributed by atoms with Crippen molar-refractivity contribution in [3.05, 3.63) is 106 Å². The summed E-state index contributed by atoms with van der Waals surface area (Å²) in [7, 11) is 0. The van der Waals surface area contributed by atoms with E-state index in [2.05, 4.69) is 50.4 Å². The maximum absolute atomic E-state index is 14.2. The fourth-order valence-corrected chi connectivity index (χ4v) is 6.83. The Morgan fingerprint density at radius 2 is 1.64 bits per heavy atom. The molecule has 1 heterocycles. The molecule has 2 aliphatic rings. The third kappa shape index (κ3) is 6.76. The molecule has 0 aromatic heterocycles. The highest BCUT2D eigenvalue weighted by atomic mass is 19.1. The zero-order chi connectivity index (χ0) is 29.9. The summed E-state index contributed by atoms with van der Waals surface area (Å²) >= 11 is 0. The van der Waals surface area contributed by atoms with E-state index < -0.39 is 23.8 Å². The average Bonchev–Trinajstić information content (AvgIpc) is 3.13. The van der Waals surface area contributed by atoms with Gasteiger partial charge < -0.3 is 15.3 Å². The molecule has 1 fully saturated rings. The molecule has 0 saturated heterocycles. The summed E-state index contributed by atoms with van der Waals surface area (Å²) in [4.78, 5) is 15.6. The van der Waals surface area contributed by atoms with Crippen molar-refractivity contribution in [3.8, 4) is 0 Å². The first kappa shape index (κ1) is 30.4. The van der Waals surface area contributed by atoms with Crippen molar-refractivity contribution in [2.24, 2.45) is 0 Å². The summed E-state index contributed by atoms with van der Waals surface area (Å²) in [6.07, 6.45) is 6.01. The van der Waals surface area contributed by atoms with Gasteiger partial charge in [0.25, 0.3) is 5.91 Å². The molecule has 42 heavy (non-hydrogen) atoms. The van der Waals surface area contributed by atoms with Gasteiger partial charge in [-0.05, 0) is 78.0 Å². The number of fused-ring (bicyclic) bond motifs is 1. The first-order chi connectivity index (χ1) is 20.1. The predicted molar refractivity (Wildman–Crippen MR) is 164 cm³/mol. The first-order valence-corrected chi connectivity index (χ1v) is 15.4. The maximum atomic E-state index is 14.2. The lowest BCUT2D eigenvalue weighted by atomic mass is 9.74. The van der Waals surface area contributed by atoms with E-state index in [1.807, 2.05) is 24.3 Å². The molecule has 2 atom stereocenters. The Hall–Kier alpha value is -3.09. The number of halogens is 2. The molecule has 0 bridgehead atoms. The SMILES string of the molecule is CC(C)(C)c1cccc(C2(NC[C@@H](O)[C@H](Cc3cc(F)cc(F)c3)N3CCCc4ccccc4C3=O)CCCCC2)c1. The van der Waals surface area contributed by atoms with Crippen molar-refractivity contribution in [3.63, 3.8) is 0 Å². The average molecular weight is 575 g/mol. The van der Waals surface area contributed by atoms with Gasteiger partial charge in [0, 0.05) is 30.3 Å². The second kappa shape index (κ2) is 12.6. The number of nitrogens with one attached hydrogen (secondary N) is 1. The number of carbonyl (C=O) groups excluding carboxylic acids is 1. The molecule has 3 aromatic carbocycles. The highest BCUT2D eigenvalue weighted by molar-refractivity contribution is 5.96. The second-order valence-electron chi connectivity index (χ2n) is 13.2. The van der Waals surface area contributed by atoms with Gasteiger partial charge >= 0.3 is 0 Å². The van der Waals surface area contributed by atoms with Crippen LogP contribution < -0.4 is 5.32 Å². The van der Waals surface area contributed by atoms with Gasteiger partial charge in [-0.2, -0.15) is 0 Å². The Morgan fingerprint density at radius 3 is 2.36 bits per heavy atom. The van der Waals surface area contributed by atoms with Crippen molar-refractivity contribution in [1.29, 1.82) is 0 Å². The summed E-state index contributed by atoms with van der Waals surface area (Å²) < 4.78 is 28.4. The van der Waals surface area contributed by atoms with Gasteiger partial charge in [-0.25, -0.2) is 8.78 Å². The maximum Gasteiger partial charge on any atom is 0.254 e. The van der Waals surface area contributed by atoms with Crippen molar-refractivity contribution < 1.29 is 18.7 Å². The van der Waals surface area contributed by atoms with Gasteiger partial charge in [-0.1, -0.05) is 82.5 Å². The number of rotatable bonds is 8. The molecule has 0 spiro atoms. The van der Waals surface area contributed by atoms with Crippen LogP contribution in [-0.2, 0) is 23.8 Å². The van der Waals surface area contributed by atoms with E-state index in [0.29, 0.717) is 17.7 Å². The minimum Gasteiger partial charge on any atom is -0.390 e. The van der Waals surface area contributed by atoms with Crippen LogP contribution in [0.2, 0.25) is 0 Å². The molecular weight excluding hydrogens is 530 g/mol. The molecule has 1 aliphatic heterocycles. The Kier molecular flexibility index (Phi) is 9.14. The number of benzene rings is 3. The van der Waals surface area contributed by atoms with Gasteiger partial charge in [0.2, 0.25) is 0 Å².